The molecule has 3 rings (SSSR count). The highest BCUT2D eigenvalue weighted by atomic mass is 35.5. The Balaban J connectivity index is 1.53. The number of anilines is 1. The third kappa shape index (κ3) is 2.91. The summed E-state index contributed by atoms with van der Waals surface area (Å²) in [5.74, 6) is -0.295. The number of amides is 1. The van der Waals surface area contributed by atoms with E-state index < -0.39 is 9.75 Å². The number of piperidine rings is 1. The van der Waals surface area contributed by atoms with Gasteiger partial charge in [-0.2, -0.15) is 0 Å². The van der Waals surface area contributed by atoms with Crippen molar-refractivity contribution in [2.45, 2.75) is 36.6 Å². The maximum absolute atomic E-state index is 13.3. The van der Waals surface area contributed by atoms with Crippen molar-refractivity contribution >= 4 is 34.8 Å². The van der Waals surface area contributed by atoms with Gasteiger partial charge in [-0.25, -0.2) is 4.39 Å². The van der Waals surface area contributed by atoms with E-state index in [1.165, 1.54) is 6.07 Å². The molecule has 0 spiro atoms. The van der Waals surface area contributed by atoms with Gasteiger partial charge in [-0.1, -0.05) is 6.07 Å². The molecule has 1 saturated carbocycles. The molecule has 3 nitrogen and oxygen atoms in total. The fourth-order valence-corrected chi connectivity index (χ4v) is 3.65. The highest BCUT2D eigenvalue weighted by Crippen LogP contribution is 2.63. The Morgan fingerprint density at radius 3 is 2.55 bits per heavy atom. The molecule has 6 heteroatoms. The maximum Gasteiger partial charge on any atom is 0.229 e. The number of carbonyl (C=O) groups excluding carboxylic acids is 1. The first-order chi connectivity index (χ1) is 10.3. The molecule has 0 radical (unpaired) electrons. The molecule has 1 aliphatic carbocycles. The van der Waals surface area contributed by atoms with Crippen LogP contribution in [0.5, 0.6) is 0 Å². The van der Waals surface area contributed by atoms with Crippen molar-refractivity contribution in [3.8, 4) is 0 Å². The lowest BCUT2D eigenvalue weighted by Gasteiger charge is -2.34. The molecule has 1 aromatic rings. The van der Waals surface area contributed by atoms with Crippen LogP contribution < -0.4 is 10.2 Å². The second-order valence-corrected chi connectivity index (χ2v) is 7.91. The Hall–Kier alpha value is -1.00. The predicted octanol–water partition coefficient (Wildman–Crippen LogP) is 3.49. The Kier molecular flexibility index (Phi) is 4.02. The summed E-state index contributed by atoms with van der Waals surface area (Å²) < 4.78 is 12.3. The molecule has 1 aliphatic heterocycles. The molecule has 1 atom stereocenters. The van der Waals surface area contributed by atoms with Gasteiger partial charge in [0.05, 0.1) is 5.41 Å². The first-order valence-electron chi connectivity index (χ1n) is 7.51. The lowest BCUT2D eigenvalue weighted by atomic mass is 10.0. The van der Waals surface area contributed by atoms with Crippen LogP contribution in [-0.2, 0) is 4.79 Å². The molecule has 1 aromatic carbocycles. The van der Waals surface area contributed by atoms with Gasteiger partial charge in [0.2, 0.25) is 5.91 Å². The fourth-order valence-electron chi connectivity index (χ4n) is 2.95. The minimum absolute atomic E-state index is 0.0679. The number of hydrogen-bond donors (Lipinski definition) is 1. The molecule has 2 fully saturated rings. The van der Waals surface area contributed by atoms with Crippen LogP contribution in [0.1, 0.15) is 26.2 Å². The van der Waals surface area contributed by atoms with E-state index in [4.69, 9.17) is 23.2 Å². The highest BCUT2D eigenvalue weighted by molar-refractivity contribution is 6.53. The van der Waals surface area contributed by atoms with Crippen molar-refractivity contribution in [1.29, 1.82) is 0 Å². The van der Waals surface area contributed by atoms with Crippen LogP contribution in [0.25, 0.3) is 0 Å². The summed E-state index contributed by atoms with van der Waals surface area (Å²) in [5.41, 5.74) is 0.218. The number of halogens is 3. The molecule has 22 heavy (non-hydrogen) atoms. The number of benzene rings is 1. The molecule has 1 amide bonds. The quantitative estimate of drug-likeness (QED) is 0.851. The highest BCUT2D eigenvalue weighted by Gasteiger charge is 2.68. The van der Waals surface area contributed by atoms with Crippen LogP contribution in [0, 0.1) is 11.2 Å². The van der Waals surface area contributed by atoms with Crippen molar-refractivity contribution in [2.24, 2.45) is 5.41 Å². The second-order valence-electron chi connectivity index (χ2n) is 6.43. The molecule has 2 aliphatic rings. The van der Waals surface area contributed by atoms with E-state index >= 15 is 0 Å². The van der Waals surface area contributed by atoms with Crippen LogP contribution in [-0.4, -0.2) is 29.4 Å². The van der Waals surface area contributed by atoms with E-state index in [1.807, 2.05) is 6.07 Å². The third-order valence-electron chi connectivity index (χ3n) is 4.76. The van der Waals surface area contributed by atoms with E-state index in [0.717, 1.165) is 31.6 Å². The monoisotopic (exact) mass is 344 g/mol. The Morgan fingerprint density at radius 1 is 1.36 bits per heavy atom. The standard InChI is InChI=1S/C16H19Cl2FN2O/c1-15(10-16(15,17)18)14(22)20-12-5-7-21(8-6-12)13-4-2-3-11(19)9-13/h2-4,9,12H,5-8,10H2,1H3,(H,20,22). The number of rotatable bonds is 3. The number of hydrogen-bond acceptors (Lipinski definition) is 2. The summed E-state index contributed by atoms with van der Waals surface area (Å²) in [6.07, 6.45) is 2.16. The molecule has 0 aromatic heterocycles. The van der Waals surface area contributed by atoms with Gasteiger partial charge >= 0.3 is 0 Å². The summed E-state index contributed by atoms with van der Waals surface area (Å²) in [7, 11) is 0. The number of nitrogens with zero attached hydrogens (tertiary/aromatic N) is 1. The van der Waals surface area contributed by atoms with E-state index in [0.29, 0.717) is 6.42 Å². The van der Waals surface area contributed by atoms with Gasteiger partial charge in [0.1, 0.15) is 10.2 Å². The van der Waals surface area contributed by atoms with Gasteiger partial charge in [0, 0.05) is 24.8 Å². The van der Waals surface area contributed by atoms with E-state index in [9.17, 15) is 9.18 Å². The normalized spacial score (nSPS) is 27.5. The molecular weight excluding hydrogens is 326 g/mol. The zero-order chi connectivity index (χ0) is 16.0. The first kappa shape index (κ1) is 15.9. The van der Waals surface area contributed by atoms with Crippen LogP contribution in [0.3, 0.4) is 0 Å². The van der Waals surface area contributed by atoms with Crippen LogP contribution in [0.2, 0.25) is 0 Å². The van der Waals surface area contributed by atoms with E-state index in [2.05, 4.69) is 10.2 Å². The van der Waals surface area contributed by atoms with Gasteiger partial charge in [0.15, 0.2) is 0 Å². The molecule has 0 bridgehead atoms. The molecular formula is C16H19Cl2FN2O. The predicted molar refractivity (Wildman–Crippen MR) is 86.9 cm³/mol. The van der Waals surface area contributed by atoms with Crippen molar-refractivity contribution < 1.29 is 9.18 Å². The number of carbonyl (C=O) groups is 1. The largest absolute Gasteiger partial charge is 0.371 e. The van der Waals surface area contributed by atoms with Gasteiger partial charge in [-0.3, -0.25) is 4.79 Å². The minimum atomic E-state index is -0.931. The maximum atomic E-state index is 13.3. The van der Waals surface area contributed by atoms with Gasteiger partial charge < -0.3 is 10.2 Å². The fraction of sp³-hybridized carbons (Fsp3) is 0.562. The minimum Gasteiger partial charge on any atom is -0.371 e. The smallest absolute Gasteiger partial charge is 0.229 e. The average Bonchev–Trinajstić information content (AvgIpc) is 3.00. The zero-order valence-electron chi connectivity index (χ0n) is 12.4. The van der Waals surface area contributed by atoms with Gasteiger partial charge in [0.25, 0.3) is 0 Å². The number of alkyl halides is 2. The van der Waals surface area contributed by atoms with Crippen LogP contribution in [0.15, 0.2) is 24.3 Å². The van der Waals surface area contributed by atoms with Crippen molar-refractivity contribution in [2.75, 3.05) is 18.0 Å². The van der Waals surface area contributed by atoms with Crippen molar-refractivity contribution in [3.05, 3.63) is 30.1 Å². The topological polar surface area (TPSA) is 32.3 Å². The van der Waals surface area contributed by atoms with Crippen molar-refractivity contribution in [3.63, 3.8) is 0 Å². The lowest BCUT2D eigenvalue weighted by Crippen LogP contribution is -2.47. The Bertz CT molecular complexity index is 587. The summed E-state index contributed by atoms with van der Waals surface area (Å²) in [4.78, 5) is 14.4. The molecule has 120 valence electrons. The van der Waals surface area contributed by atoms with Gasteiger partial charge in [-0.15, -0.1) is 23.2 Å². The molecule has 1 N–H and O–H groups in total. The summed E-state index contributed by atoms with van der Waals surface area (Å²) in [5, 5.41) is 3.05. The Labute approximate surface area is 139 Å². The van der Waals surface area contributed by atoms with E-state index in [1.54, 1.807) is 19.1 Å². The summed E-state index contributed by atoms with van der Waals surface area (Å²) >= 11 is 12.1. The summed E-state index contributed by atoms with van der Waals surface area (Å²) in [6, 6.07) is 6.73. The Morgan fingerprint density at radius 2 is 2.00 bits per heavy atom. The lowest BCUT2D eigenvalue weighted by molar-refractivity contribution is -0.126. The zero-order valence-corrected chi connectivity index (χ0v) is 13.9. The van der Waals surface area contributed by atoms with E-state index in [-0.39, 0.29) is 17.8 Å². The molecule has 1 saturated heterocycles. The van der Waals surface area contributed by atoms with Crippen molar-refractivity contribution in [1.82, 2.24) is 5.32 Å². The van der Waals surface area contributed by atoms with Gasteiger partial charge in [-0.05, 0) is 44.4 Å². The number of nitrogens with one attached hydrogen (secondary N) is 1. The third-order valence-corrected chi connectivity index (χ3v) is 5.86. The molecule has 1 unspecified atom stereocenters. The first-order valence-corrected chi connectivity index (χ1v) is 8.27. The average molecular weight is 345 g/mol. The van der Waals surface area contributed by atoms with Crippen LogP contribution in [0.4, 0.5) is 10.1 Å². The SMILES string of the molecule is CC1(C(=O)NC2CCN(c3cccc(F)c3)CC2)CC1(Cl)Cl. The summed E-state index contributed by atoms with van der Waals surface area (Å²) in [6.45, 7) is 3.38. The second kappa shape index (κ2) is 5.57. The van der Waals surface area contributed by atoms with Crippen LogP contribution >= 0.6 is 23.2 Å². The molecule has 1 heterocycles.